The van der Waals surface area contributed by atoms with E-state index in [1.54, 1.807) is 18.0 Å². The molecule has 6 heteroatoms. The summed E-state index contributed by atoms with van der Waals surface area (Å²) in [5, 5.41) is -0.0594. The van der Waals surface area contributed by atoms with Gasteiger partial charge in [0.15, 0.2) is 0 Å². The molecule has 0 fully saturated rings. The van der Waals surface area contributed by atoms with E-state index in [1.165, 1.54) is 0 Å². The highest BCUT2D eigenvalue weighted by Gasteiger charge is 2.06. The molecule has 1 aromatic carbocycles. The van der Waals surface area contributed by atoms with Crippen molar-refractivity contribution in [3.63, 3.8) is 0 Å². The van der Waals surface area contributed by atoms with Crippen molar-refractivity contribution < 1.29 is 4.74 Å². The summed E-state index contributed by atoms with van der Waals surface area (Å²) in [6, 6.07) is 9.60. The summed E-state index contributed by atoms with van der Waals surface area (Å²) in [5.41, 5.74) is 0.702. The number of nitrogens with one attached hydrogen (secondary N) is 2. The van der Waals surface area contributed by atoms with Gasteiger partial charge in [-0.05, 0) is 12.1 Å². The fourth-order valence-electron chi connectivity index (χ4n) is 1.50. The number of thioether (sulfide) groups is 1. The molecule has 4 nitrogen and oxygen atoms in total. The summed E-state index contributed by atoms with van der Waals surface area (Å²) < 4.78 is 5.57. The average molecular weight is 299 g/mol. The van der Waals surface area contributed by atoms with Crippen LogP contribution in [0.3, 0.4) is 0 Å². The summed E-state index contributed by atoms with van der Waals surface area (Å²) in [6.45, 7) is 0.474. The first-order chi connectivity index (χ1) is 9.24. The number of imidazole rings is 1. The Balaban J connectivity index is 1.64. The molecule has 1 unspecified atom stereocenters. The second-order valence-corrected chi connectivity index (χ2v) is 5.65. The van der Waals surface area contributed by atoms with Crippen molar-refractivity contribution in [3.05, 3.63) is 52.7 Å². The van der Waals surface area contributed by atoms with E-state index in [-0.39, 0.29) is 11.1 Å². The van der Waals surface area contributed by atoms with Crippen LogP contribution >= 0.6 is 23.4 Å². The summed E-state index contributed by atoms with van der Waals surface area (Å²) >= 11 is 7.84. The molecule has 102 valence electrons. The fourth-order valence-corrected chi connectivity index (χ4v) is 2.67. The number of aromatic nitrogens is 2. The zero-order valence-electron chi connectivity index (χ0n) is 10.3. The van der Waals surface area contributed by atoms with Gasteiger partial charge >= 0.3 is 5.69 Å². The topological polar surface area (TPSA) is 57.9 Å². The summed E-state index contributed by atoms with van der Waals surface area (Å²) in [5.74, 6) is 2.32. The van der Waals surface area contributed by atoms with E-state index >= 15 is 0 Å². The van der Waals surface area contributed by atoms with E-state index in [2.05, 4.69) is 9.97 Å². The molecule has 1 heterocycles. The number of benzene rings is 1. The van der Waals surface area contributed by atoms with E-state index < -0.39 is 0 Å². The highest BCUT2D eigenvalue weighted by atomic mass is 35.5. The molecule has 0 aliphatic heterocycles. The number of hydrogen-bond acceptors (Lipinski definition) is 3. The van der Waals surface area contributed by atoms with Crippen LogP contribution in [0.2, 0.25) is 0 Å². The average Bonchev–Trinajstić information content (AvgIpc) is 2.83. The van der Waals surface area contributed by atoms with Crippen molar-refractivity contribution in [3.8, 4) is 5.75 Å². The number of hydrogen-bond donors (Lipinski definition) is 2. The third-order valence-electron chi connectivity index (χ3n) is 2.38. The van der Waals surface area contributed by atoms with Gasteiger partial charge in [0.1, 0.15) is 12.4 Å². The molecular weight excluding hydrogens is 284 g/mol. The summed E-state index contributed by atoms with van der Waals surface area (Å²) in [6.07, 6.45) is 1.68. The normalized spacial score (nSPS) is 12.3. The number of alkyl halides is 1. The standard InChI is InChI=1S/C13H15ClN2O2S/c14-10(7-18-12-4-2-1-3-5-12)8-19-9-11-6-15-13(17)16-11/h1-6,10H,7-9H2,(H2,15,16,17). The van der Waals surface area contributed by atoms with Crippen LogP contribution in [0.1, 0.15) is 5.69 Å². The van der Waals surface area contributed by atoms with Crippen LogP contribution in [0.4, 0.5) is 0 Å². The second kappa shape index (κ2) is 7.31. The lowest BCUT2D eigenvalue weighted by molar-refractivity contribution is 0.321. The molecule has 0 amide bonds. The van der Waals surface area contributed by atoms with Crippen LogP contribution < -0.4 is 10.4 Å². The molecule has 0 radical (unpaired) electrons. The quantitative estimate of drug-likeness (QED) is 0.773. The van der Waals surface area contributed by atoms with Gasteiger partial charge in [-0.15, -0.1) is 11.6 Å². The molecule has 1 aromatic heterocycles. The Kier molecular flexibility index (Phi) is 5.42. The highest BCUT2D eigenvalue weighted by molar-refractivity contribution is 7.98. The Hall–Kier alpha value is -1.33. The van der Waals surface area contributed by atoms with Gasteiger partial charge in [0, 0.05) is 23.4 Å². The minimum Gasteiger partial charge on any atom is -0.492 e. The number of halogens is 1. The SMILES string of the molecule is O=c1[nH]cc(CSCC(Cl)COc2ccccc2)[nH]1. The van der Waals surface area contributed by atoms with Crippen LogP contribution in [0.15, 0.2) is 41.3 Å². The maximum absolute atomic E-state index is 10.9. The number of rotatable bonds is 7. The van der Waals surface area contributed by atoms with Gasteiger partial charge in [0.2, 0.25) is 0 Å². The van der Waals surface area contributed by atoms with E-state index in [0.29, 0.717) is 6.61 Å². The first kappa shape index (κ1) is 14.1. The molecule has 2 aromatic rings. The Morgan fingerprint density at radius 2 is 2.11 bits per heavy atom. The fraction of sp³-hybridized carbons (Fsp3) is 0.308. The van der Waals surface area contributed by atoms with Gasteiger partial charge < -0.3 is 14.7 Å². The zero-order chi connectivity index (χ0) is 13.5. The lowest BCUT2D eigenvalue weighted by Crippen LogP contribution is -2.14. The van der Waals surface area contributed by atoms with E-state index in [1.807, 2.05) is 30.3 Å². The van der Waals surface area contributed by atoms with Gasteiger partial charge in [0.05, 0.1) is 5.38 Å². The molecule has 0 spiro atoms. The largest absolute Gasteiger partial charge is 0.492 e. The molecule has 0 saturated carbocycles. The maximum atomic E-state index is 10.9. The molecule has 0 aliphatic rings. The lowest BCUT2D eigenvalue weighted by atomic mass is 10.3. The lowest BCUT2D eigenvalue weighted by Gasteiger charge is -2.10. The molecule has 1 atom stereocenters. The van der Waals surface area contributed by atoms with Crippen LogP contribution in [-0.2, 0) is 5.75 Å². The Morgan fingerprint density at radius 3 is 2.79 bits per heavy atom. The molecule has 0 aliphatic carbocycles. The highest BCUT2D eigenvalue weighted by Crippen LogP contribution is 2.15. The molecule has 2 rings (SSSR count). The predicted molar refractivity (Wildman–Crippen MR) is 79.2 cm³/mol. The van der Waals surface area contributed by atoms with Crippen molar-refractivity contribution in [1.29, 1.82) is 0 Å². The molecule has 19 heavy (non-hydrogen) atoms. The van der Waals surface area contributed by atoms with Gasteiger partial charge in [-0.2, -0.15) is 11.8 Å². The van der Waals surface area contributed by atoms with Crippen molar-refractivity contribution in [2.24, 2.45) is 0 Å². The Labute approximate surface area is 120 Å². The number of ether oxygens (including phenoxy) is 1. The molecular formula is C13H15ClN2O2S. The predicted octanol–water partition coefficient (Wildman–Crippen LogP) is 2.62. The van der Waals surface area contributed by atoms with Crippen molar-refractivity contribution in [2.75, 3.05) is 12.4 Å². The number of aromatic amines is 2. The van der Waals surface area contributed by atoms with Gasteiger partial charge in [0.25, 0.3) is 0 Å². The van der Waals surface area contributed by atoms with Gasteiger partial charge in [-0.1, -0.05) is 18.2 Å². The van der Waals surface area contributed by atoms with Crippen molar-refractivity contribution in [2.45, 2.75) is 11.1 Å². The van der Waals surface area contributed by atoms with Crippen LogP contribution in [-0.4, -0.2) is 27.7 Å². The van der Waals surface area contributed by atoms with Crippen LogP contribution in [0.5, 0.6) is 5.75 Å². The van der Waals surface area contributed by atoms with Crippen LogP contribution in [0.25, 0.3) is 0 Å². The third-order valence-corrected chi connectivity index (χ3v) is 4.00. The molecule has 0 bridgehead atoms. The summed E-state index contributed by atoms with van der Waals surface area (Å²) in [4.78, 5) is 16.2. The van der Waals surface area contributed by atoms with Gasteiger partial charge in [-0.25, -0.2) is 4.79 Å². The van der Waals surface area contributed by atoms with E-state index in [9.17, 15) is 4.79 Å². The third kappa shape index (κ3) is 5.04. The van der Waals surface area contributed by atoms with Crippen molar-refractivity contribution >= 4 is 23.4 Å². The minimum absolute atomic E-state index is 0.0594. The van der Waals surface area contributed by atoms with Gasteiger partial charge in [-0.3, -0.25) is 0 Å². The number of para-hydroxylation sites is 1. The second-order valence-electron chi connectivity index (χ2n) is 4.00. The number of H-pyrrole nitrogens is 2. The summed E-state index contributed by atoms with van der Waals surface area (Å²) in [7, 11) is 0. The Bertz CT molecular complexity index is 541. The van der Waals surface area contributed by atoms with Crippen molar-refractivity contribution in [1.82, 2.24) is 9.97 Å². The van der Waals surface area contributed by atoms with Crippen LogP contribution in [0, 0.1) is 0 Å². The first-order valence-electron chi connectivity index (χ1n) is 5.90. The monoisotopic (exact) mass is 298 g/mol. The maximum Gasteiger partial charge on any atom is 0.323 e. The molecule has 0 saturated heterocycles. The smallest absolute Gasteiger partial charge is 0.323 e. The van der Waals surface area contributed by atoms with E-state index in [0.717, 1.165) is 22.9 Å². The minimum atomic E-state index is -0.176. The molecule has 2 N–H and O–H groups in total. The zero-order valence-corrected chi connectivity index (χ0v) is 11.8. The Morgan fingerprint density at radius 1 is 1.32 bits per heavy atom. The first-order valence-corrected chi connectivity index (χ1v) is 7.49. The van der Waals surface area contributed by atoms with E-state index in [4.69, 9.17) is 16.3 Å².